The van der Waals surface area contributed by atoms with Crippen molar-refractivity contribution in [3.05, 3.63) is 21.9 Å². The van der Waals surface area contributed by atoms with Gasteiger partial charge >= 0.3 is 5.97 Å². The third-order valence-corrected chi connectivity index (χ3v) is 4.12. The van der Waals surface area contributed by atoms with Crippen LogP contribution in [-0.2, 0) is 17.6 Å². The predicted molar refractivity (Wildman–Crippen MR) is 71.4 cm³/mol. The van der Waals surface area contributed by atoms with E-state index in [4.69, 9.17) is 5.73 Å². The number of aliphatic carboxylic acids is 1. The summed E-state index contributed by atoms with van der Waals surface area (Å²) in [5.41, 5.74) is 5.42. The lowest BCUT2D eigenvalue weighted by Crippen LogP contribution is -2.16. The first-order valence-corrected chi connectivity index (χ1v) is 6.99. The Kier molecular flexibility index (Phi) is 6.22. The zero-order valence-corrected chi connectivity index (χ0v) is 11.1. The van der Waals surface area contributed by atoms with Crippen molar-refractivity contribution in [2.75, 3.05) is 6.54 Å². The second-order valence-electron chi connectivity index (χ2n) is 4.25. The van der Waals surface area contributed by atoms with E-state index in [2.05, 4.69) is 19.1 Å². The van der Waals surface area contributed by atoms with Crippen LogP contribution in [0.5, 0.6) is 0 Å². The van der Waals surface area contributed by atoms with Crippen LogP contribution >= 0.6 is 11.3 Å². The standard InChI is InChI=1S/C13H21NO2S/c1-2-11-6-7-12(17-11)9-10(13(15)16)5-3-4-8-14/h6-7,10H,2-5,8-9,14H2,1H3,(H,15,16). The Morgan fingerprint density at radius 3 is 2.65 bits per heavy atom. The fourth-order valence-electron chi connectivity index (χ4n) is 1.81. The van der Waals surface area contributed by atoms with Crippen LogP contribution in [0.25, 0.3) is 0 Å². The van der Waals surface area contributed by atoms with Gasteiger partial charge in [0.05, 0.1) is 5.92 Å². The quantitative estimate of drug-likeness (QED) is 0.702. The predicted octanol–water partition coefficient (Wildman–Crippen LogP) is 2.68. The smallest absolute Gasteiger partial charge is 0.306 e. The minimum Gasteiger partial charge on any atom is -0.481 e. The van der Waals surface area contributed by atoms with Crippen molar-refractivity contribution in [2.45, 2.75) is 39.0 Å². The number of rotatable bonds is 8. The van der Waals surface area contributed by atoms with Crippen LogP contribution in [0.1, 0.15) is 35.9 Å². The fourth-order valence-corrected chi connectivity index (χ4v) is 2.85. The summed E-state index contributed by atoms with van der Waals surface area (Å²) in [6, 6.07) is 4.15. The zero-order valence-electron chi connectivity index (χ0n) is 10.3. The van der Waals surface area contributed by atoms with Crippen molar-refractivity contribution in [1.29, 1.82) is 0 Å². The molecule has 1 unspecified atom stereocenters. The molecule has 3 N–H and O–H groups in total. The summed E-state index contributed by atoms with van der Waals surface area (Å²) in [5.74, 6) is -0.946. The van der Waals surface area contributed by atoms with Gasteiger partial charge in [0.2, 0.25) is 0 Å². The van der Waals surface area contributed by atoms with Crippen LogP contribution in [0.4, 0.5) is 0 Å². The van der Waals surface area contributed by atoms with Crippen LogP contribution in [0.15, 0.2) is 12.1 Å². The topological polar surface area (TPSA) is 63.3 Å². The first-order valence-electron chi connectivity index (χ1n) is 6.17. The molecule has 96 valence electrons. The maximum Gasteiger partial charge on any atom is 0.306 e. The first-order chi connectivity index (χ1) is 8.17. The molecule has 1 heterocycles. The maximum atomic E-state index is 11.1. The molecule has 17 heavy (non-hydrogen) atoms. The Morgan fingerprint density at radius 2 is 2.12 bits per heavy atom. The highest BCUT2D eigenvalue weighted by atomic mass is 32.1. The number of hydrogen-bond acceptors (Lipinski definition) is 3. The first kappa shape index (κ1) is 14.2. The largest absolute Gasteiger partial charge is 0.481 e. The van der Waals surface area contributed by atoms with Crippen LogP contribution in [0, 0.1) is 5.92 Å². The van der Waals surface area contributed by atoms with Crippen molar-refractivity contribution >= 4 is 17.3 Å². The van der Waals surface area contributed by atoms with E-state index in [-0.39, 0.29) is 5.92 Å². The average molecular weight is 255 g/mol. The highest BCUT2D eigenvalue weighted by molar-refractivity contribution is 7.11. The molecule has 0 saturated carbocycles. The molecule has 0 amide bonds. The summed E-state index contributed by atoms with van der Waals surface area (Å²) in [7, 11) is 0. The Balaban J connectivity index is 2.50. The Morgan fingerprint density at radius 1 is 1.41 bits per heavy atom. The second kappa shape index (κ2) is 7.45. The molecule has 0 bridgehead atoms. The molecule has 1 atom stereocenters. The summed E-state index contributed by atoms with van der Waals surface area (Å²) in [6.45, 7) is 2.76. The summed E-state index contributed by atoms with van der Waals surface area (Å²) in [4.78, 5) is 13.7. The Labute approximate surface area is 107 Å². The lowest BCUT2D eigenvalue weighted by atomic mass is 9.98. The van der Waals surface area contributed by atoms with Gasteiger partial charge in [-0.15, -0.1) is 11.3 Å². The van der Waals surface area contributed by atoms with Gasteiger partial charge in [-0.1, -0.05) is 13.3 Å². The third-order valence-electron chi connectivity index (χ3n) is 2.87. The molecule has 4 heteroatoms. The second-order valence-corrected chi connectivity index (χ2v) is 5.50. The molecule has 0 radical (unpaired) electrons. The van der Waals surface area contributed by atoms with Crippen LogP contribution in [0.3, 0.4) is 0 Å². The highest BCUT2D eigenvalue weighted by Gasteiger charge is 2.18. The number of carbonyl (C=O) groups is 1. The molecule has 0 fully saturated rings. The Bertz CT molecular complexity index is 349. The summed E-state index contributed by atoms with van der Waals surface area (Å²) < 4.78 is 0. The van der Waals surface area contributed by atoms with Gasteiger partial charge in [0, 0.05) is 9.75 Å². The molecule has 1 aromatic rings. The Hall–Kier alpha value is -0.870. The van der Waals surface area contributed by atoms with Crippen LogP contribution in [0.2, 0.25) is 0 Å². The zero-order chi connectivity index (χ0) is 12.7. The van der Waals surface area contributed by atoms with Crippen molar-refractivity contribution in [1.82, 2.24) is 0 Å². The summed E-state index contributed by atoms with van der Waals surface area (Å²) in [6.07, 6.45) is 4.22. The molecule has 1 aromatic heterocycles. The van der Waals surface area contributed by atoms with E-state index in [1.807, 2.05) is 0 Å². The van der Waals surface area contributed by atoms with Gasteiger partial charge in [0.1, 0.15) is 0 Å². The number of carboxylic acids is 1. The SMILES string of the molecule is CCc1ccc(CC(CCCCN)C(=O)O)s1. The maximum absolute atomic E-state index is 11.1. The van der Waals surface area contributed by atoms with Crippen molar-refractivity contribution < 1.29 is 9.90 Å². The van der Waals surface area contributed by atoms with E-state index in [0.717, 1.165) is 25.7 Å². The van der Waals surface area contributed by atoms with Gasteiger partial charge in [0.15, 0.2) is 0 Å². The van der Waals surface area contributed by atoms with E-state index in [1.165, 1.54) is 9.75 Å². The van der Waals surface area contributed by atoms with E-state index in [0.29, 0.717) is 13.0 Å². The van der Waals surface area contributed by atoms with Crippen LogP contribution < -0.4 is 5.73 Å². The number of hydrogen-bond donors (Lipinski definition) is 2. The average Bonchev–Trinajstić information content (AvgIpc) is 2.75. The molecule has 0 spiro atoms. The molecular formula is C13H21NO2S. The lowest BCUT2D eigenvalue weighted by molar-refractivity contribution is -0.141. The third kappa shape index (κ3) is 4.88. The molecule has 0 aliphatic heterocycles. The van der Waals surface area contributed by atoms with Crippen molar-refractivity contribution in [3.63, 3.8) is 0 Å². The van der Waals surface area contributed by atoms with E-state index in [9.17, 15) is 9.90 Å². The van der Waals surface area contributed by atoms with E-state index in [1.54, 1.807) is 11.3 Å². The summed E-state index contributed by atoms with van der Waals surface area (Å²) in [5, 5.41) is 9.17. The number of unbranched alkanes of at least 4 members (excludes halogenated alkanes) is 1. The lowest BCUT2D eigenvalue weighted by Gasteiger charge is -2.10. The molecule has 0 aliphatic rings. The van der Waals surface area contributed by atoms with Gasteiger partial charge in [-0.25, -0.2) is 0 Å². The highest BCUT2D eigenvalue weighted by Crippen LogP contribution is 2.22. The molecular weight excluding hydrogens is 234 g/mol. The molecule has 3 nitrogen and oxygen atoms in total. The van der Waals surface area contributed by atoms with Crippen molar-refractivity contribution in [2.24, 2.45) is 11.7 Å². The van der Waals surface area contributed by atoms with E-state index < -0.39 is 5.97 Å². The summed E-state index contributed by atoms with van der Waals surface area (Å²) >= 11 is 1.73. The fraction of sp³-hybridized carbons (Fsp3) is 0.615. The van der Waals surface area contributed by atoms with E-state index >= 15 is 0 Å². The van der Waals surface area contributed by atoms with Gasteiger partial charge in [-0.05, 0) is 44.4 Å². The van der Waals surface area contributed by atoms with Crippen molar-refractivity contribution in [3.8, 4) is 0 Å². The molecule has 0 saturated heterocycles. The van der Waals surface area contributed by atoms with Gasteiger partial charge in [0.25, 0.3) is 0 Å². The monoisotopic (exact) mass is 255 g/mol. The molecule has 0 aromatic carbocycles. The normalized spacial score (nSPS) is 12.6. The minimum absolute atomic E-state index is 0.259. The molecule has 0 aliphatic carbocycles. The number of thiophene rings is 1. The van der Waals surface area contributed by atoms with Crippen LogP contribution in [-0.4, -0.2) is 17.6 Å². The molecule has 1 rings (SSSR count). The van der Waals surface area contributed by atoms with Gasteiger partial charge in [-0.2, -0.15) is 0 Å². The number of aryl methyl sites for hydroxylation is 1. The number of nitrogens with two attached hydrogens (primary N) is 1. The van der Waals surface area contributed by atoms with Gasteiger partial charge in [-0.3, -0.25) is 4.79 Å². The number of carboxylic acid groups (broad SMARTS) is 1. The minimum atomic E-state index is -0.687. The van der Waals surface area contributed by atoms with Gasteiger partial charge < -0.3 is 10.8 Å².